The van der Waals surface area contributed by atoms with E-state index in [1.54, 1.807) is 6.07 Å². The Bertz CT molecular complexity index is 520. The monoisotopic (exact) mass is 277 g/mol. The van der Waals surface area contributed by atoms with Crippen LogP contribution in [0, 0.1) is 10.1 Å². The van der Waals surface area contributed by atoms with E-state index in [2.05, 4.69) is 10.2 Å². The highest BCUT2D eigenvalue weighted by Gasteiger charge is 2.37. The number of rotatable bonds is 4. The van der Waals surface area contributed by atoms with E-state index in [0.717, 1.165) is 18.7 Å². The Labute approximate surface area is 117 Å². The molecule has 2 saturated heterocycles. The molecule has 2 atom stereocenters. The minimum Gasteiger partial charge on any atom is -0.496 e. The lowest BCUT2D eigenvalue weighted by Gasteiger charge is -2.22. The number of nitrogens with zero attached hydrogens (tertiary/aromatic N) is 2. The SMILES string of the molecule is COc1cc(NC2CCN3CCCC23)cc([N+](=O)[O-])c1. The summed E-state index contributed by atoms with van der Waals surface area (Å²) in [5.41, 5.74) is 0.836. The molecule has 108 valence electrons. The fourth-order valence-electron chi connectivity index (χ4n) is 3.35. The average molecular weight is 277 g/mol. The molecular formula is C14H19N3O3. The normalized spacial score (nSPS) is 25.4. The lowest BCUT2D eigenvalue weighted by atomic mass is 10.1. The second-order valence-electron chi connectivity index (χ2n) is 5.46. The number of fused-ring (bicyclic) bond motifs is 1. The van der Waals surface area contributed by atoms with Crippen molar-refractivity contribution in [3.8, 4) is 5.75 Å². The van der Waals surface area contributed by atoms with E-state index >= 15 is 0 Å². The first kappa shape index (κ1) is 13.2. The molecule has 2 heterocycles. The summed E-state index contributed by atoms with van der Waals surface area (Å²) in [6.07, 6.45) is 3.56. The number of hydrogen-bond donors (Lipinski definition) is 1. The van der Waals surface area contributed by atoms with E-state index in [9.17, 15) is 10.1 Å². The van der Waals surface area contributed by atoms with Gasteiger partial charge in [0.25, 0.3) is 5.69 Å². The van der Waals surface area contributed by atoms with Crippen LogP contribution < -0.4 is 10.1 Å². The average Bonchev–Trinajstić information content (AvgIpc) is 3.03. The molecule has 3 rings (SSSR count). The van der Waals surface area contributed by atoms with E-state index < -0.39 is 0 Å². The van der Waals surface area contributed by atoms with Gasteiger partial charge in [-0.2, -0.15) is 0 Å². The third kappa shape index (κ3) is 2.43. The summed E-state index contributed by atoms with van der Waals surface area (Å²) in [6.45, 7) is 2.30. The minimum atomic E-state index is -0.385. The van der Waals surface area contributed by atoms with Gasteiger partial charge in [-0.25, -0.2) is 0 Å². The molecular weight excluding hydrogens is 258 g/mol. The van der Waals surface area contributed by atoms with Crippen LogP contribution in [0.1, 0.15) is 19.3 Å². The first-order valence-electron chi connectivity index (χ1n) is 7.01. The standard InChI is InChI=1S/C14H19N3O3/c1-20-12-8-10(7-11(9-12)17(18)19)15-13-4-6-16-5-2-3-14(13)16/h7-9,13-15H,2-6H2,1H3. The Kier molecular flexibility index (Phi) is 3.48. The number of ether oxygens (including phenoxy) is 1. The van der Waals surface area contributed by atoms with E-state index in [1.807, 2.05) is 6.07 Å². The molecule has 6 heteroatoms. The van der Waals surface area contributed by atoms with Crippen molar-refractivity contribution in [1.29, 1.82) is 0 Å². The molecule has 0 aromatic heterocycles. The molecule has 2 aliphatic heterocycles. The molecule has 2 aliphatic rings. The van der Waals surface area contributed by atoms with Crippen molar-refractivity contribution in [2.45, 2.75) is 31.3 Å². The van der Waals surface area contributed by atoms with Crippen molar-refractivity contribution in [2.24, 2.45) is 0 Å². The number of methoxy groups -OCH3 is 1. The van der Waals surface area contributed by atoms with Crippen molar-refractivity contribution >= 4 is 11.4 Å². The summed E-state index contributed by atoms with van der Waals surface area (Å²) in [4.78, 5) is 13.1. The van der Waals surface area contributed by atoms with Crippen molar-refractivity contribution < 1.29 is 9.66 Å². The number of anilines is 1. The molecule has 20 heavy (non-hydrogen) atoms. The Morgan fingerprint density at radius 1 is 1.35 bits per heavy atom. The van der Waals surface area contributed by atoms with Gasteiger partial charge in [-0.3, -0.25) is 15.0 Å². The maximum absolute atomic E-state index is 11.0. The molecule has 0 radical (unpaired) electrons. The summed E-state index contributed by atoms with van der Waals surface area (Å²) in [5.74, 6) is 0.517. The van der Waals surface area contributed by atoms with Crippen LogP contribution in [0.3, 0.4) is 0 Å². The number of nitro groups is 1. The number of hydrogen-bond acceptors (Lipinski definition) is 5. The van der Waals surface area contributed by atoms with Crippen molar-refractivity contribution in [3.63, 3.8) is 0 Å². The predicted octanol–water partition coefficient (Wildman–Crippen LogP) is 2.25. The van der Waals surface area contributed by atoms with Gasteiger partial charge in [-0.1, -0.05) is 0 Å². The van der Waals surface area contributed by atoms with Crippen LogP contribution in [0.5, 0.6) is 5.75 Å². The summed E-state index contributed by atoms with van der Waals surface area (Å²) >= 11 is 0. The van der Waals surface area contributed by atoms with Crippen LogP contribution in [0.2, 0.25) is 0 Å². The van der Waals surface area contributed by atoms with Crippen LogP contribution in [0.15, 0.2) is 18.2 Å². The van der Waals surface area contributed by atoms with Crippen LogP contribution in [0.25, 0.3) is 0 Å². The molecule has 1 N–H and O–H groups in total. The molecule has 0 saturated carbocycles. The predicted molar refractivity (Wildman–Crippen MR) is 76.3 cm³/mol. The van der Waals surface area contributed by atoms with Crippen molar-refractivity contribution in [1.82, 2.24) is 4.90 Å². The second-order valence-corrected chi connectivity index (χ2v) is 5.46. The summed E-state index contributed by atoms with van der Waals surface area (Å²) in [6, 6.07) is 5.80. The molecule has 0 bridgehead atoms. The van der Waals surface area contributed by atoms with Gasteiger partial charge >= 0.3 is 0 Å². The largest absolute Gasteiger partial charge is 0.496 e. The molecule has 6 nitrogen and oxygen atoms in total. The van der Waals surface area contributed by atoms with Crippen molar-refractivity contribution in [2.75, 3.05) is 25.5 Å². The Morgan fingerprint density at radius 3 is 2.95 bits per heavy atom. The lowest BCUT2D eigenvalue weighted by Crippen LogP contribution is -2.33. The Morgan fingerprint density at radius 2 is 2.20 bits per heavy atom. The Balaban J connectivity index is 1.79. The van der Waals surface area contributed by atoms with Crippen LogP contribution in [0.4, 0.5) is 11.4 Å². The maximum Gasteiger partial charge on any atom is 0.275 e. The van der Waals surface area contributed by atoms with E-state index in [0.29, 0.717) is 17.8 Å². The quantitative estimate of drug-likeness (QED) is 0.675. The Hall–Kier alpha value is -1.82. The van der Waals surface area contributed by atoms with E-state index in [1.165, 1.54) is 32.6 Å². The number of nitrogens with one attached hydrogen (secondary N) is 1. The zero-order valence-electron chi connectivity index (χ0n) is 11.5. The number of benzene rings is 1. The van der Waals surface area contributed by atoms with Gasteiger partial charge < -0.3 is 10.1 Å². The highest BCUT2D eigenvalue weighted by atomic mass is 16.6. The van der Waals surface area contributed by atoms with Gasteiger partial charge in [0.2, 0.25) is 0 Å². The second kappa shape index (κ2) is 5.28. The third-order valence-electron chi connectivity index (χ3n) is 4.30. The molecule has 2 fully saturated rings. The molecule has 0 amide bonds. The van der Waals surface area contributed by atoms with Gasteiger partial charge in [0.15, 0.2) is 0 Å². The summed E-state index contributed by atoms with van der Waals surface area (Å²) in [5, 5.41) is 14.4. The zero-order valence-corrected chi connectivity index (χ0v) is 11.5. The molecule has 2 unspecified atom stereocenters. The topological polar surface area (TPSA) is 67.6 Å². The summed E-state index contributed by atoms with van der Waals surface area (Å²) in [7, 11) is 1.52. The number of non-ortho nitro benzene ring substituents is 1. The minimum absolute atomic E-state index is 0.0631. The highest BCUT2D eigenvalue weighted by Crippen LogP contribution is 2.32. The fourth-order valence-corrected chi connectivity index (χ4v) is 3.35. The van der Waals surface area contributed by atoms with Gasteiger partial charge in [0, 0.05) is 36.4 Å². The molecule has 1 aromatic carbocycles. The molecule has 1 aromatic rings. The van der Waals surface area contributed by atoms with Crippen LogP contribution in [-0.2, 0) is 0 Å². The van der Waals surface area contributed by atoms with Gasteiger partial charge in [0.1, 0.15) is 5.75 Å². The smallest absolute Gasteiger partial charge is 0.275 e. The maximum atomic E-state index is 11.0. The summed E-state index contributed by atoms with van der Waals surface area (Å²) < 4.78 is 5.14. The van der Waals surface area contributed by atoms with Crippen LogP contribution in [-0.4, -0.2) is 42.1 Å². The first-order valence-corrected chi connectivity index (χ1v) is 7.01. The van der Waals surface area contributed by atoms with E-state index in [4.69, 9.17) is 4.74 Å². The fraction of sp³-hybridized carbons (Fsp3) is 0.571. The van der Waals surface area contributed by atoms with Gasteiger partial charge in [0.05, 0.1) is 18.1 Å². The van der Waals surface area contributed by atoms with Crippen molar-refractivity contribution in [3.05, 3.63) is 28.3 Å². The first-order chi connectivity index (χ1) is 9.67. The lowest BCUT2D eigenvalue weighted by molar-refractivity contribution is -0.384. The van der Waals surface area contributed by atoms with E-state index in [-0.39, 0.29) is 10.6 Å². The number of nitro benzene ring substituents is 1. The van der Waals surface area contributed by atoms with Gasteiger partial charge in [-0.15, -0.1) is 0 Å². The third-order valence-corrected chi connectivity index (χ3v) is 4.30. The molecule has 0 aliphatic carbocycles. The molecule has 0 spiro atoms. The van der Waals surface area contributed by atoms with Crippen LogP contribution >= 0.6 is 0 Å². The highest BCUT2D eigenvalue weighted by molar-refractivity contribution is 5.57. The van der Waals surface area contributed by atoms with Gasteiger partial charge in [-0.05, 0) is 25.8 Å². The zero-order chi connectivity index (χ0) is 14.1.